The summed E-state index contributed by atoms with van der Waals surface area (Å²) >= 11 is 0. The summed E-state index contributed by atoms with van der Waals surface area (Å²) in [7, 11) is 0. The molecule has 1 aromatic carbocycles. The van der Waals surface area contributed by atoms with Crippen LogP contribution in [0.3, 0.4) is 0 Å². The molecule has 26 heavy (non-hydrogen) atoms. The minimum atomic E-state index is -0.488. The van der Waals surface area contributed by atoms with E-state index < -0.39 is 11.5 Å². The maximum atomic E-state index is 13.8. The zero-order valence-corrected chi connectivity index (χ0v) is 14.9. The van der Waals surface area contributed by atoms with E-state index in [4.69, 9.17) is 0 Å². The van der Waals surface area contributed by atoms with Crippen LogP contribution in [0.4, 0.5) is 4.39 Å². The lowest BCUT2D eigenvalue weighted by Gasteiger charge is -2.14. The molecule has 4 rings (SSSR count). The molecule has 2 aromatic heterocycles. The highest BCUT2D eigenvalue weighted by Gasteiger charge is 2.25. The van der Waals surface area contributed by atoms with E-state index in [1.165, 1.54) is 21.3 Å². The third-order valence-corrected chi connectivity index (χ3v) is 4.67. The Bertz CT molecular complexity index is 1090. The summed E-state index contributed by atoms with van der Waals surface area (Å²) in [5.74, 6) is 0.236. The molecule has 1 aliphatic rings. The Morgan fingerprint density at radius 3 is 2.69 bits per heavy atom. The summed E-state index contributed by atoms with van der Waals surface area (Å²) in [6.07, 6.45) is 3.89. The van der Waals surface area contributed by atoms with Crippen LogP contribution in [0.25, 0.3) is 16.9 Å². The summed E-state index contributed by atoms with van der Waals surface area (Å²) in [5.41, 5.74) is 0.241. The maximum absolute atomic E-state index is 13.8. The largest absolute Gasteiger partial charge is 0.337 e. The lowest BCUT2D eigenvalue weighted by atomic mass is 10.2. The Balaban J connectivity index is 2.04. The quantitative estimate of drug-likeness (QED) is 0.706. The van der Waals surface area contributed by atoms with Crippen LogP contribution in [-0.4, -0.2) is 18.7 Å². The second kappa shape index (κ2) is 6.23. The van der Waals surface area contributed by atoms with Gasteiger partial charge in [-0.15, -0.1) is 0 Å². The SMILES string of the molecule is CC(C)Cn1c(=O)c2c(ncn2CC2CC2)n(-c2cccc(F)c2)c1=O. The Morgan fingerprint density at radius 1 is 1.27 bits per heavy atom. The molecule has 0 atom stereocenters. The predicted octanol–water partition coefficient (Wildman–Crippen LogP) is 2.55. The van der Waals surface area contributed by atoms with Gasteiger partial charge in [0.25, 0.3) is 5.56 Å². The first kappa shape index (κ1) is 16.8. The molecule has 0 N–H and O–H groups in total. The molecule has 2 heterocycles. The average Bonchev–Trinajstić information content (AvgIpc) is 3.30. The predicted molar refractivity (Wildman–Crippen MR) is 97.1 cm³/mol. The molecular weight excluding hydrogens is 335 g/mol. The molecule has 0 unspecified atom stereocenters. The van der Waals surface area contributed by atoms with Crippen molar-refractivity contribution < 1.29 is 4.39 Å². The molecule has 0 aliphatic heterocycles. The van der Waals surface area contributed by atoms with Crippen molar-refractivity contribution in [1.82, 2.24) is 18.7 Å². The molecule has 0 radical (unpaired) electrons. The van der Waals surface area contributed by atoms with E-state index in [2.05, 4.69) is 4.98 Å². The number of rotatable bonds is 5. The fourth-order valence-electron chi connectivity index (χ4n) is 3.27. The van der Waals surface area contributed by atoms with Gasteiger partial charge in [-0.2, -0.15) is 0 Å². The molecule has 0 saturated heterocycles. The first-order chi connectivity index (χ1) is 12.5. The van der Waals surface area contributed by atoms with Crippen LogP contribution in [0.1, 0.15) is 26.7 Å². The normalized spacial score (nSPS) is 14.5. The van der Waals surface area contributed by atoms with Crippen LogP contribution in [-0.2, 0) is 13.1 Å². The first-order valence-corrected chi connectivity index (χ1v) is 8.92. The van der Waals surface area contributed by atoms with Crippen molar-refractivity contribution in [2.24, 2.45) is 11.8 Å². The highest BCUT2D eigenvalue weighted by atomic mass is 19.1. The molecule has 1 aliphatic carbocycles. The lowest BCUT2D eigenvalue weighted by Crippen LogP contribution is -2.41. The number of hydrogen-bond donors (Lipinski definition) is 0. The number of fused-ring (bicyclic) bond motifs is 1. The number of hydrogen-bond acceptors (Lipinski definition) is 3. The van der Waals surface area contributed by atoms with Gasteiger partial charge >= 0.3 is 5.69 Å². The van der Waals surface area contributed by atoms with Crippen molar-refractivity contribution in [1.29, 1.82) is 0 Å². The highest BCUT2D eigenvalue weighted by molar-refractivity contribution is 5.72. The minimum absolute atomic E-state index is 0.124. The molecule has 0 amide bonds. The minimum Gasteiger partial charge on any atom is -0.324 e. The Hall–Kier alpha value is -2.70. The molecule has 1 fully saturated rings. The topological polar surface area (TPSA) is 61.8 Å². The molecule has 6 nitrogen and oxygen atoms in total. The third-order valence-electron chi connectivity index (χ3n) is 4.67. The summed E-state index contributed by atoms with van der Waals surface area (Å²) in [5, 5.41) is 0. The summed E-state index contributed by atoms with van der Waals surface area (Å²) in [4.78, 5) is 30.4. The second-order valence-electron chi connectivity index (χ2n) is 7.42. The van der Waals surface area contributed by atoms with Gasteiger partial charge in [0.05, 0.1) is 12.0 Å². The fourth-order valence-corrected chi connectivity index (χ4v) is 3.27. The van der Waals surface area contributed by atoms with E-state index in [9.17, 15) is 14.0 Å². The first-order valence-electron chi connectivity index (χ1n) is 8.92. The van der Waals surface area contributed by atoms with Crippen molar-refractivity contribution in [3.8, 4) is 5.69 Å². The monoisotopic (exact) mass is 356 g/mol. The van der Waals surface area contributed by atoms with Gasteiger partial charge in [-0.25, -0.2) is 18.7 Å². The van der Waals surface area contributed by atoms with Crippen LogP contribution in [0.15, 0.2) is 40.2 Å². The van der Waals surface area contributed by atoms with Gasteiger partial charge in [0.1, 0.15) is 5.82 Å². The van der Waals surface area contributed by atoms with Crippen molar-refractivity contribution in [3.63, 3.8) is 0 Å². The van der Waals surface area contributed by atoms with Crippen LogP contribution in [0, 0.1) is 17.7 Å². The number of imidazole rings is 1. The smallest absolute Gasteiger partial charge is 0.324 e. The van der Waals surface area contributed by atoms with Crippen LogP contribution >= 0.6 is 0 Å². The van der Waals surface area contributed by atoms with Crippen molar-refractivity contribution >= 4 is 11.2 Å². The van der Waals surface area contributed by atoms with Gasteiger partial charge < -0.3 is 4.57 Å². The van der Waals surface area contributed by atoms with E-state index in [0.717, 1.165) is 19.4 Å². The van der Waals surface area contributed by atoms with E-state index in [0.29, 0.717) is 23.7 Å². The van der Waals surface area contributed by atoms with Crippen LogP contribution in [0.2, 0.25) is 0 Å². The molecule has 0 spiro atoms. The summed E-state index contributed by atoms with van der Waals surface area (Å²) < 4.78 is 18.2. The van der Waals surface area contributed by atoms with Crippen LogP contribution < -0.4 is 11.2 Å². The number of nitrogens with zero attached hydrogens (tertiary/aromatic N) is 4. The zero-order valence-electron chi connectivity index (χ0n) is 14.9. The van der Waals surface area contributed by atoms with Crippen molar-refractivity contribution in [3.05, 3.63) is 57.2 Å². The van der Waals surface area contributed by atoms with E-state index in [1.54, 1.807) is 18.5 Å². The molecule has 0 bridgehead atoms. The number of benzene rings is 1. The number of halogens is 1. The van der Waals surface area contributed by atoms with E-state index >= 15 is 0 Å². The molecular formula is C19H21FN4O2. The highest BCUT2D eigenvalue weighted by Crippen LogP contribution is 2.31. The molecule has 136 valence electrons. The third kappa shape index (κ3) is 2.87. The van der Waals surface area contributed by atoms with Gasteiger partial charge in [0.2, 0.25) is 0 Å². The zero-order chi connectivity index (χ0) is 18.4. The standard InChI is InChI=1S/C19H21FN4O2/c1-12(2)9-23-18(25)16-17(21-11-22(16)10-13-6-7-13)24(19(23)26)15-5-3-4-14(20)8-15/h3-5,8,11-13H,6-7,9-10H2,1-2H3. The Labute approximate surface area is 149 Å². The van der Waals surface area contributed by atoms with Crippen molar-refractivity contribution in [2.45, 2.75) is 39.8 Å². The summed E-state index contributed by atoms with van der Waals surface area (Å²) in [6, 6.07) is 5.79. The van der Waals surface area contributed by atoms with Gasteiger partial charge in [0, 0.05) is 13.1 Å². The lowest BCUT2D eigenvalue weighted by molar-refractivity contribution is 0.488. The van der Waals surface area contributed by atoms with Crippen molar-refractivity contribution in [2.75, 3.05) is 0 Å². The summed E-state index contributed by atoms with van der Waals surface area (Å²) in [6.45, 7) is 4.92. The number of aromatic nitrogens is 4. The van der Waals surface area contributed by atoms with Gasteiger partial charge in [-0.05, 0) is 42.9 Å². The van der Waals surface area contributed by atoms with Gasteiger partial charge in [0.15, 0.2) is 11.2 Å². The van der Waals surface area contributed by atoms with E-state index in [-0.39, 0.29) is 17.1 Å². The Kier molecular flexibility index (Phi) is 4.01. The average molecular weight is 356 g/mol. The fraction of sp³-hybridized carbons (Fsp3) is 0.421. The van der Waals surface area contributed by atoms with Gasteiger partial charge in [-0.3, -0.25) is 9.36 Å². The van der Waals surface area contributed by atoms with Crippen LogP contribution in [0.5, 0.6) is 0 Å². The van der Waals surface area contributed by atoms with Gasteiger partial charge in [-0.1, -0.05) is 19.9 Å². The second-order valence-corrected chi connectivity index (χ2v) is 7.42. The molecule has 7 heteroatoms. The molecule has 3 aromatic rings. The maximum Gasteiger partial charge on any atom is 0.337 e. The Morgan fingerprint density at radius 2 is 2.04 bits per heavy atom. The molecule has 1 saturated carbocycles. The van der Waals surface area contributed by atoms with E-state index in [1.807, 2.05) is 18.4 Å².